The molecule has 1 aliphatic heterocycles. The highest BCUT2D eigenvalue weighted by Crippen LogP contribution is 2.11. The van der Waals surface area contributed by atoms with Crippen LogP contribution < -0.4 is 10.6 Å². The summed E-state index contributed by atoms with van der Waals surface area (Å²) >= 11 is 3.30. The summed E-state index contributed by atoms with van der Waals surface area (Å²) in [6, 6.07) is 1.78. The van der Waals surface area contributed by atoms with E-state index in [4.69, 9.17) is 0 Å². The van der Waals surface area contributed by atoms with Gasteiger partial charge < -0.3 is 15.6 Å². The van der Waals surface area contributed by atoms with Crippen LogP contribution in [-0.4, -0.2) is 30.5 Å². The Morgan fingerprint density at radius 1 is 1.53 bits per heavy atom. The largest absolute Gasteiger partial charge is 0.356 e. The average molecular weight is 298 g/mol. The number of nitrogens with one attached hydrogen (secondary N) is 3. The van der Waals surface area contributed by atoms with Gasteiger partial charge in [-0.25, -0.2) is 0 Å². The van der Waals surface area contributed by atoms with E-state index in [0.717, 1.165) is 30.4 Å². The minimum atomic E-state index is -0.0507. The second-order valence-corrected chi connectivity index (χ2v) is 4.97. The van der Waals surface area contributed by atoms with Crippen molar-refractivity contribution in [2.24, 2.45) is 0 Å². The Morgan fingerprint density at radius 3 is 3.06 bits per heavy atom. The molecule has 0 aliphatic carbocycles. The maximum Gasteiger partial charge on any atom is 0.267 e. The molecule has 0 saturated heterocycles. The number of aromatic amines is 1. The highest BCUT2D eigenvalue weighted by molar-refractivity contribution is 9.10. The van der Waals surface area contributed by atoms with Crippen molar-refractivity contribution in [1.82, 2.24) is 15.6 Å². The lowest BCUT2D eigenvalue weighted by molar-refractivity contribution is 0.0949. The molecule has 1 amide bonds. The molecule has 4 nitrogen and oxygen atoms in total. The first kappa shape index (κ1) is 12.4. The van der Waals surface area contributed by atoms with Gasteiger partial charge in [-0.2, -0.15) is 0 Å². The van der Waals surface area contributed by atoms with Crippen LogP contribution in [0.1, 0.15) is 23.3 Å². The predicted octanol–water partition coefficient (Wildman–Crippen LogP) is 1.82. The fourth-order valence-corrected chi connectivity index (χ4v) is 2.17. The molecule has 5 heteroatoms. The summed E-state index contributed by atoms with van der Waals surface area (Å²) in [5.41, 5.74) is 2.02. The summed E-state index contributed by atoms with van der Waals surface area (Å²) in [6.45, 7) is 2.69. The summed E-state index contributed by atoms with van der Waals surface area (Å²) < 4.78 is 0.892. The second kappa shape index (κ2) is 6.02. The first-order valence-electron chi connectivity index (χ1n) is 5.76. The number of carbonyl (C=O) groups is 1. The van der Waals surface area contributed by atoms with Crippen molar-refractivity contribution in [2.75, 3.05) is 19.6 Å². The van der Waals surface area contributed by atoms with E-state index in [1.54, 1.807) is 12.3 Å². The molecule has 2 heterocycles. The molecule has 1 aliphatic rings. The third kappa shape index (κ3) is 3.71. The van der Waals surface area contributed by atoms with Crippen LogP contribution in [0.3, 0.4) is 0 Å². The fraction of sp³-hybridized carbons (Fsp3) is 0.417. The molecule has 17 heavy (non-hydrogen) atoms. The van der Waals surface area contributed by atoms with E-state index in [9.17, 15) is 4.79 Å². The maximum absolute atomic E-state index is 11.7. The zero-order chi connectivity index (χ0) is 12.1. The van der Waals surface area contributed by atoms with Crippen molar-refractivity contribution in [3.05, 3.63) is 34.1 Å². The lowest BCUT2D eigenvalue weighted by Gasteiger charge is -2.13. The molecular formula is C12H16BrN3O. The first-order valence-corrected chi connectivity index (χ1v) is 6.56. The average Bonchev–Trinajstić information content (AvgIpc) is 2.77. The predicted molar refractivity (Wildman–Crippen MR) is 71.0 cm³/mol. The fourth-order valence-electron chi connectivity index (χ4n) is 1.83. The SMILES string of the molecule is O=C(NCCC1=CCNCC1)c1cc(Br)c[nH]1. The standard InChI is InChI=1S/C12H16BrN3O/c13-10-7-11(16-8-10)12(17)15-6-3-9-1-4-14-5-2-9/h1,7-8,14,16H,2-6H2,(H,15,17). The lowest BCUT2D eigenvalue weighted by Crippen LogP contribution is -2.26. The topological polar surface area (TPSA) is 56.9 Å². The number of carbonyl (C=O) groups excluding carboxylic acids is 1. The molecule has 0 aromatic carbocycles. The molecule has 2 rings (SSSR count). The highest BCUT2D eigenvalue weighted by Gasteiger charge is 2.08. The van der Waals surface area contributed by atoms with Crippen LogP contribution in [0.4, 0.5) is 0 Å². The van der Waals surface area contributed by atoms with Crippen molar-refractivity contribution in [2.45, 2.75) is 12.8 Å². The Bertz CT molecular complexity index is 425. The van der Waals surface area contributed by atoms with Crippen LogP contribution >= 0.6 is 15.9 Å². The van der Waals surface area contributed by atoms with Gasteiger partial charge in [-0.3, -0.25) is 4.79 Å². The van der Waals surface area contributed by atoms with Crippen LogP contribution in [0.25, 0.3) is 0 Å². The van der Waals surface area contributed by atoms with Gasteiger partial charge in [-0.1, -0.05) is 11.6 Å². The molecule has 1 aromatic heterocycles. The normalized spacial score (nSPS) is 15.5. The minimum absolute atomic E-state index is 0.0507. The molecule has 0 spiro atoms. The van der Waals surface area contributed by atoms with Crippen LogP contribution in [0.15, 0.2) is 28.4 Å². The van der Waals surface area contributed by atoms with Crippen molar-refractivity contribution in [3.8, 4) is 0 Å². The number of H-pyrrole nitrogens is 1. The van der Waals surface area contributed by atoms with Gasteiger partial charge in [0.1, 0.15) is 5.69 Å². The molecule has 0 bridgehead atoms. The summed E-state index contributed by atoms with van der Waals surface area (Å²) in [5, 5.41) is 6.18. The zero-order valence-corrected chi connectivity index (χ0v) is 11.1. The number of hydrogen-bond acceptors (Lipinski definition) is 2. The summed E-state index contributed by atoms with van der Waals surface area (Å²) in [6.07, 6.45) is 5.99. The second-order valence-electron chi connectivity index (χ2n) is 4.05. The number of amides is 1. The molecule has 3 N–H and O–H groups in total. The van der Waals surface area contributed by atoms with Gasteiger partial charge in [0.05, 0.1) is 0 Å². The van der Waals surface area contributed by atoms with E-state index in [0.29, 0.717) is 12.2 Å². The first-order chi connectivity index (χ1) is 8.25. The van der Waals surface area contributed by atoms with Crippen LogP contribution in [0.2, 0.25) is 0 Å². The molecule has 0 radical (unpaired) electrons. The van der Waals surface area contributed by atoms with E-state index >= 15 is 0 Å². The molecule has 92 valence electrons. The van der Waals surface area contributed by atoms with Crippen LogP contribution in [0.5, 0.6) is 0 Å². The Hall–Kier alpha value is -1.07. The third-order valence-corrected chi connectivity index (χ3v) is 3.24. The van der Waals surface area contributed by atoms with E-state index in [-0.39, 0.29) is 5.91 Å². The van der Waals surface area contributed by atoms with Gasteiger partial charge in [0, 0.05) is 23.8 Å². The Kier molecular flexibility index (Phi) is 4.39. The van der Waals surface area contributed by atoms with Crippen molar-refractivity contribution < 1.29 is 4.79 Å². The van der Waals surface area contributed by atoms with E-state index in [2.05, 4.69) is 37.6 Å². The van der Waals surface area contributed by atoms with Gasteiger partial charge in [0.25, 0.3) is 5.91 Å². The molecule has 0 unspecified atom stereocenters. The molecule has 1 aromatic rings. The lowest BCUT2D eigenvalue weighted by atomic mass is 10.1. The smallest absolute Gasteiger partial charge is 0.267 e. The van der Waals surface area contributed by atoms with Gasteiger partial charge in [0.15, 0.2) is 0 Å². The van der Waals surface area contributed by atoms with Crippen molar-refractivity contribution in [1.29, 1.82) is 0 Å². The molecule has 0 atom stereocenters. The van der Waals surface area contributed by atoms with Gasteiger partial charge in [-0.05, 0) is 41.4 Å². The number of rotatable bonds is 4. The Morgan fingerprint density at radius 2 is 2.41 bits per heavy atom. The summed E-state index contributed by atoms with van der Waals surface area (Å²) in [7, 11) is 0. The number of aromatic nitrogens is 1. The van der Waals surface area contributed by atoms with Gasteiger partial charge in [-0.15, -0.1) is 0 Å². The van der Waals surface area contributed by atoms with Gasteiger partial charge >= 0.3 is 0 Å². The zero-order valence-electron chi connectivity index (χ0n) is 9.55. The molecule has 0 saturated carbocycles. The molecule has 0 fully saturated rings. The quantitative estimate of drug-likeness (QED) is 0.743. The van der Waals surface area contributed by atoms with Crippen LogP contribution in [-0.2, 0) is 0 Å². The monoisotopic (exact) mass is 297 g/mol. The van der Waals surface area contributed by atoms with Crippen LogP contribution in [0, 0.1) is 0 Å². The Labute approximate surface area is 109 Å². The van der Waals surface area contributed by atoms with Gasteiger partial charge in [0.2, 0.25) is 0 Å². The maximum atomic E-state index is 11.7. The molecular weight excluding hydrogens is 282 g/mol. The summed E-state index contributed by atoms with van der Waals surface area (Å²) in [5.74, 6) is -0.0507. The third-order valence-electron chi connectivity index (χ3n) is 2.78. The minimum Gasteiger partial charge on any atom is -0.356 e. The van der Waals surface area contributed by atoms with E-state index in [1.165, 1.54) is 5.57 Å². The Balaban J connectivity index is 1.75. The summed E-state index contributed by atoms with van der Waals surface area (Å²) in [4.78, 5) is 14.6. The highest BCUT2D eigenvalue weighted by atomic mass is 79.9. The van der Waals surface area contributed by atoms with E-state index in [1.807, 2.05) is 0 Å². The number of hydrogen-bond donors (Lipinski definition) is 3. The van der Waals surface area contributed by atoms with Crippen molar-refractivity contribution in [3.63, 3.8) is 0 Å². The van der Waals surface area contributed by atoms with E-state index < -0.39 is 0 Å². The van der Waals surface area contributed by atoms with Crippen molar-refractivity contribution >= 4 is 21.8 Å². The number of halogens is 1.